The number of thiazole rings is 1. The fourth-order valence-electron chi connectivity index (χ4n) is 3.55. The van der Waals surface area contributed by atoms with Crippen LogP contribution < -0.4 is 5.32 Å². The Hall–Kier alpha value is -4.13. The fraction of sp³-hybridized carbons (Fsp3) is 0.227. The third kappa shape index (κ3) is 4.25. The summed E-state index contributed by atoms with van der Waals surface area (Å²) in [6.07, 6.45) is 6.38. The predicted molar refractivity (Wildman–Crippen MR) is 124 cm³/mol. The van der Waals surface area contributed by atoms with Crippen molar-refractivity contribution >= 4 is 22.9 Å². The summed E-state index contributed by atoms with van der Waals surface area (Å²) in [5.74, 6) is 0.199. The van der Waals surface area contributed by atoms with Gasteiger partial charge in [0.2, 0.25) is 0 Å². The van der Waals surface area contributed by atoms with E-state index in [1.165, 1.54) is 17.4 Å². The number of alkyl halides is 2. The van der Waals surface area contributed by atoms with Crippen LogP contribution in [0.3, 0.4) is 0 Å². The van der Waals surface area contributed by atoms with Gasteiger partial charge in [0, 0.05) is 35.2 Å². The molecule has 1 N–H and O–H groups in total. The van der Waals surface area contributed by atoms with Crippen molar-refractivity contribution in [3.05, 3.63) is 70.8 Å². The number of hydrogen-bond acceptors (Lipinski definition) is 8. The topological polar surface area (TPSA) is 116 Å². The van der Waals surface area contributed by atoms with Crippen LogP contribution in [-0.4, -0.2) is 45.2 Å². The molecule has 13 heteroatoms. The Morgan fingerprint density at radius 3 is 2.51 bits per heavy atom. The van der Waals surface area contributed by atoms with Crippen molar-refractivity contribution in [1.82, 2.24) is 44.6 Å². The molecule has 0 aliphatic carbocycles. The largest absolute Gasteiger partial charge is 0.345 e. The molecule has 0 saturated heterocycles. The van der Waals surface area contributed by atoms with Crippen molar-refractivity contribution in [3.8, 4) is 16.4 Å². The predicted octanol–water partition coefficient (Wildman–Crippen LogP) is 3.87. The minimum atomic E-state index is -2.82. The molecule has 0 radical (unpaired) electrons. The van der Waals surface area contributed by atoms with Gasteiger partial charge in [-0.15, -0.1) is 16.4 Å². The lowest BCUT2D eigenvalue weighted by molar-refractivity contribution is 0.0939. The van der Waals surface area contributed by atoms with Crippen molar-refractivity contribution in [1.29, 1.82) is 0 Å². The number of nitrogens with zero attached hydrogens (tertiary/aromatic N) is 8. The molecule has 0 bridgehead atoms. The molecule has 10 nitrogen and oxygen atoms in total. The van der Waals surface area contributed by atoms with Crippen LogP contribution in [0.5, 0.6) is 0 Å². The number of rotatable bonds is 6. The summed E-state index contributed by atoms with van der Waals surface area (Å²) in [6.45, 7) is 5.50. The van der Waals surface area contributed by atoms with Gasteiger partial charge in [0.15, 0.2) is 5.65 Å². The monoisotopic (exact) mass is 495 g/mol. The second-order valence-corrected chi connectivity index (χ2v) is 9.09. The Bertz CT molecular complexity index is 1520. The van der Waals surface area contributed by atoms with Crippen LogP contribution in [-0.2, 0) is 0 Å². The van der Waals surface area contributed by atoms with Crippen molar-refractivity contribution in [2.75, 3.05) is 0 Å². The number of carbonyl (C=O) groups is 1. The molecule has 0 fully saturated rings. The number of carbonyl (C=O) groups excluding carboxylic acids is 1. The summed E-state index contributed by atoms with van der Waals surface area (Å²) in [6, 6.07) is 1.07. The van der Waals surface area contributed by atoms with Crippen LogP contribution in [0.2, 0.25) is 0 Å². The van der Waals surface area contributed by atoms with Gasteiger partial charge in [0.05, 0.1) is 24.0 Å². The molecule has 1 atom stereocenters. The number of hydrogen-bond donors (Lipinski definition) is 1. The van der Waals surface area contributed by atoms with Crippen LogP contribution >= 0.6 is 11.3 Å². The number of aromatic nitrogens is 8. The van der Waals surface area contributed by atoms with Crippen molar-refractivity contribution in [2.24, 2.45) is 0 Å². The van der Waals surface area contributed by atoms with E-state index in [1.807, 2.05) is 6.92 Å². The SMILES string of the molecule is Cc1ncc(C(C)NC(=O)c2cc(-n3nncc3C(F)F)c3ncc(-c4ncc(C)s4)n3c2)cn1. The zero-order valence-electron chi connectivity index (χ0n) is 18.8. The molecule has 5 aromatic rings. The van der Waals surface area contributed by atoms with Gasteiger partial charge < -0.3 is 5.32 Å². The molecule has 5 heterocycles. The molecule has 0 saturated carbocycles. The van der Waals surface area contributed by atoms with Crippen molar-refractivity contribution in [2.45, 2.75) is 33.2 Å². The quantitative estimate of drug-likeness (QED) is 0.380. The molecular weight excluding hydrogens is 476 g/mol. The van der Waals surface area contributed by atoms with Gasteiger partial charge in [-0.25, -0.2) is 33.4 Å². The lowest BCUT2D eigenvalue weighted by atomic mass is 10.1. The highest BCUT2D eigenvalue weighted by Gasteiger charge is 2.23. The van der Waals surface area contributed by atoms with Gasteiger partial charge in [0.1, 0.15) is 27.9 Å². The molecular formula is C22H19F2N9OS. The molecule has 35 heavy (non-hydrogen) atoms. The lowest BCUT2D eigenvalue weighted by Crippen LogP contribution is -2.27. The van der Waals surface area contributed by atoms with Gasteiger partial charge in [-0.3, -0.25) is 9.20 Å². The van der Waals surface area contributed by atoms with E-state index in [0.717, 1.165) is 21.3 Å². The van der Waals surface area contributed by atoms with E-state index in [1.54, 1.807) is 49.2 Å². The summed E-state index contributed by atoms with van der Waals surface area (Å²) >= 11 is 1.45. The Labute approximate surface area is 201 Å². The van der Waals surface area contributed by atoms with Crippen LogP contribution in [0.1, 0.15) is 51.7 Å². The Kier molecular flexibility index (Phi) is 5.76. The van der Waals surface area contributed by atoms with Gasteiger partial charge in [-0.1, -0.05) is 5.21 Å². The van der Waals surface area contributed by atoms with E-state index < -0.39 is 24.1 Å². The Morgan fingerprint density at radius 1 is 1.06 bits per heavy atom. The third-order valence-electron chi connectivity index (χ3n) is 5.36. The molecule has 5 rings (SSSR count). The summed E-state index contributed by atoms with van der Waals surface area (Å²) < 4.78 is 29.9. The van der Waals surface area contributed by atoms with E-state index in [0.29, 0.717) is 22.2 Å². The number of imidazole rings is 1. The average molecular weight is 496 g/mol. The zero-order chi connectivity index (χ0) is 24.7. The molecule has 5 aromatic heterocycles. The van der Waals surface area contributed by atoms with Gasteiger partial charge in [-0.2, -0.15) is 0 Å². The number of nitrogens with one attached hydrogen (secondary N) is 1. The average Bonchev–Trinajstić information content (AvgIpc) is 3.58. The molecule has 1 amide bonds. The molecule has 178 valence electrons. The van der Waals surface area contributed by atoms with Crippen LogP contribution in [0.15, 0.2) is 43.2 Å². The van der Waals surface area contributed by atoms with Crippen LogP contribution in [0.25, 0.3) is 22.0 Å². The molecule has 0 aliphatic rings. The summed E-state index contributed by atoms with van der Waals surface area (Å²) in [5, 5.41) is 11.0. The minimum absolute atomic E-state index is 0.191. The summed E-state index contributed by atoms with van der Waals surface area (Å²) in [5.41, 5.74) is 1.67. The van der Waals surface area contributed by atoms with Gasteiger partial charge in [-0.05, 0) is 26.8 Å². The second-order valence-electron chi connectivity index (χ2n) is 7.86. The van der Waals surface area contributed by atoms with Crippen molar-refractivity contribution < 1.29 is 13.6 Å². The highest BCUT2D eigenvalue weighted by Crippen LogP contribution is 2.30. The molecule has 0 aliphatic heterocycles. The summed E-state index contributed by atoms with van der Waals surface area (Å²) in [4.78, 5) is 31.4. The number of pyridine rings is 1. The highest BCUT2D eigenvalue weighted by molar-refractivity contribution is 7.14. The Balaban J connectivity index is 1.62. The fourth-order valence-corrected chi connectivity index (χ4v) is 4.32. The smallest absolute Gasteiger partial charge is 0.282 e. The van der Waals surface area contributed by atoms with Crippen LogP contribution in [0, 0.1) is 13.8 Å². The second kappa shape index (κ2) is 8.91. The van der Waals surface area contributed by atoms with Crippen molar-refractivity contribution in [3.63, 3.8) is 0 Å². The van der Waals surface area contributed by atoms with E-state index in [4.69, 9.17) is 0 Å². The maximum atomic E-state index is 13.6. The number of fused-ring (bicyclic) bond motifs is 1. The van der Waals surface area contributed by atoms with E-state index in [-0.39, 0.29) is 11.3 Å². The Morgan fingerprint density at radius 2 is 1.83 bits per heavy atom. The van der Waals surface area contributed by atoms with Crippen LogP contribution in [0.4, 0.5) is 8.78 Å². The number of amides is 1. The van der Waals surface area contributed by atoms with E-state index >= 15 is 0 Å². The maximum Gasteiger partial charge on any atom is 0.282 e. The molecule has 0 aromatic carbocycles. The van der Waals surface area contributed by atoms with Gasteiger partial charge in [0.25, 0.3) is 12.3 Å². The standard InChI is InChI=1S/C22H19F2N9OS/c1-11-5-28-22(35-11)18-8-27-20-16(33-17(19(23)24)9-29-31-33)4-14(10-32(18)20)21(34)30-12(2)15-6-25-13(3)26-7-15/h4-10,12,19H,1-3H3,(H,30,34). The normalized spacial score (nSPS) is 12.4. The third-order valence-corrected chi connectivity index (χ3v) is 6.30. The maximum absolute atomic E-state index is 13.6. The molecule has 1 unspecified atom stereocenters. The first-order chi connectivity index (χ1) is 16.8. The zero-order valence-corrected chi connectivity index (χ0v) is 19.7. The number of halogens is 2. The first-order valence-electron chi connectivity index (χ1n) is 10.5. The molecule has 0 spiro atoms. The first kappa shape index (κ1) is 22.7. The van der Waals surface area contributed by atoms with E-state index in [2.05, 4.69) is 35.6 Å². The number of aryl methyl sites for hydroxylation is 2. The van der Waals surface area contributed by atoms with Gasteiger partial charge >= 0.3 is 0 Å². The minimum Gasteiger partial charge on any atom is -0.345 e. The first-order valence-corrected chi connectivity index (χ1v) is 11.4. The summed E-state index contributed by atoms with van der Waals surface area (Å²) in [7, 11) is 0. The van der Waals surface area contributed by atoms with E-state index in [9.17, 15) is 13.6 Å². The highest BCUT2D eigenvalue weighted by atomic mass is 32.1. The lowest BCUT2D eigenvalue weighted by Gasteiger charge is -2.15.